The third-order valence-corrected chi connectivity index (χ3v) is 4.24. The van der Waals surface area contributed by atoms with E-state index in [-0.39, 0.29) is 0 Å². The van der Waals surface area contributed by atoms with Gasteiger partial charge in [0.1, 0.15) is 0 Å². The van der Waals surface area contributed by atoms with Crippen LogP contribution in [0.2, 0.25) is 0 Å². The second kappa shape index (κ2) is 7.34. The van der Waals surface area contributed by atoms with Crippen LogP contribution < -0.4 is 5.73 Å². The van der Waals surface area contributed by atoms with Crippen LogP contribution in [0.15, 0.2) is 0 Å². The van der Waals surface area contributed by atoms with Crippen molar-refractivity contribution < 1.29 is 0 Å². The summed E-state index contributed by atoms with van der Waals surface area (Å²) < 4.78 is 0. The first kappa shape index (κ1) is 14.9. The number of rotatable bonds is 6. The molecule has 102 valence electrons. The maximum absolute atomic E-state index is 6.28. The molecule has 0 heterocycles. The highest BCUT2D eigenvalue weighted by Crippen LogP contribution is 2.28. The Morgan fingerprint density at radius 2 is 1.82 bits per heavy atom. The van der Waals surface area contributed by atoms with Crippen LogP contribution in [0, 0.1) is 5.92 Å². The molecule has 3 nitrogen and oxygen atoms in total. The Kier molecular flexibility index (Phi) is 6.45. The van der Waals surface area contributed by atoms with E-state index in [2.05, 4.69) is 37.9 Å². The lowest BCUT2D eigenvalue weighted by Crippen LogP contribution is -2.50. The van der Waals surface area contributed by atoms with E-state index in [0.29, 0.717) is 12.1 Å². The zero-order chi connectivity index (χ0) is 12.8. The lowest BCUT2D eigenvalue weighted by molar-refractivity contribution is 0.131. The maximum Gasteiger partial charge on any atom is 0.0246 e. The lowest BCUT2D eigenvalue weighted by atomic mass is 9.81. The predicted molar refractivity (Wildman–Crippen MR) is 75.2 cm³/mol. The molecule has 3 atom stereocenters. The van der Waals surface area contributed by atoms with Gasteiger partial charge in [0.2, 0.25) is 0 Å². The molecular weight excluding hydrogens is 210 g/mol. The highest BCUT2D eigenvalue weighted by atomic mass is 15.2. The second-order valence-electron chi connectivity index (χ2n) is 5.96. The molecule has 0 amide bonds. The summed E-state index contributed by atoms with van der Waals surface area (Å²) in [7, 11) is 6.52. The normalized spacial score (nSPS) is 30.2. The quantitative estimate of drug-likeness (QED) is 0.769. The van der Waals surface area contributed by atoms with Gasteiger partial charge in [-0.1, -0.05) is 13.3 Å². The highest BCUT2D eigenvalue weighted by molar-refractivity contribution is 4.87. The molecule has 3 unspecified atom stereocenters. The number of hydrogen-bond acceptors (Lipinski definition) is 3. The first-order valence-electron chi connectivity index (χ1n) is 7.15. The summed E-state index contributed by atoms with van der Waals surface area (Å²) in [4.78, 5) is 4.75. The number of nitrogens with two attached hydrogens (primary N) is 1. The van der Waals surface area contributed by atoms with Crippen molar-refractivity contribution >= 4 is 0 Å². The largest absolute Gasteiger partial charge is 0.326 e. The Morgan fingerprint density at radius 1 is 1.12 bits per heavy atom. The first-order chi connectivity index (χ1) is 8.04. The van der Waals surface area contributed by atoms with Gasteiger partial charge < -0.3 is 15.5 Å². The molecular formula is C14H31N3. The number of hydrogen-bond donors (Lipinski definition) is 1. The monoisotopic (exact) mass is 241 g/mol. The van der Waals surface area contributed by atoms with Gasteiger partial charge in [0.15, 0.2) is 0 Å². The Labute approximate surface area is 107 Å². The van der Waals surface area contributed by atoms with Gasteiger partial charge in [0, 0.05) is 12.1 Å². The van der Waals surface area contributed by atoms with Crippen molar-refractivity contribution in [3.05, 3.63) is 0 Å². The molecule has 0 aromatic rings. The van der Waals surface area contributed by atoms with Crippen molar-refractivity contribution in [2.24, 2.45) is 11.7 Å². The van der Waals surface area contributed by atoms with E-state index >= 15 is 0 Å². The van der Waals surface area contributed by atoms with Crippen molar-refractivity contribution in [2.45, 2.75) is 51.1 Å². The molecule has 0 radical (unpaired) electrons. The molecule has 0 spiro atoms. The van der Waals surface area contributed by atoms with Crippen LogP contribution in [0.3, 0.4) is 0 Å². The van der Waals surface area contributed by atoms with E-state index in [1.54, 1.807) is 0 Å². The van der Waals surface area contributed by atoms with Gasteiger partial charge in [-0.15, -0.1) is 0 Å². The molecule has 1 rings (SSSR count). The van der Waals surface area contributed by atoms with Gasteiger partial charge in [-0.05, 0) is 65.8 Å². The molecule has 0 aromatic carbocycles. The average molecular weight is 241 g/mol. The second-order valence-corrected chi connectivity index (χ2v) is 5.96. The first-order valence-corrected chi connectivity index (χ1v) is 7.15. The Balaban J connectivity index is 2.34. The molecule has 0 bridgehead atoms. The van der Waals surface area contributed by atoms with Crippen LogP contribution in [-0.2, 0) is 0 Å². The van der Waals surface area contributed by atoms with E-state index in [1.165, 1.54) is 45.2 Å². The smallest absolute Gasteiger partial charge is 0.0246 e. The summed E-state index contributed by atoms with van der Waals surface area (Å²) in [5.41, 5.74) is 6.28. The molecule has 2 N–H and O–H groups in total. The topological polar surface area (TPSA) is 32.5 Å². The fourth-order valence-corrected chi connectivity index (χ4v) is 2.93. The molecule has 1 saturated carbocycles. The van der Waals surface area contributed by atoms with Crippen LogP contribution in [0.25, 0.3) is 0 Å². The zero-order valence-corrected chi connectivity index (χ0v) is 12.2. The van der Waals surface area contributed by atoms with Gasteiger partial charge in [0.25, 0.3) is 0 Å². The molecule has 3 heteroatoms. The van der Waals surface area contributed by atoms with Gasteiger partial charge in [0.05, 0.1) is 0 Å². The molecule has 0 aliphatic heterocycles. The van der Waals surface area contributed by atoms with Crippen LogP contribution in [0.4, 0.5) is 0 Å². The van der Waals surface area contributed by atoms with Gasteiger partial charge in [-0.3, -0.25) is 0 Å². The minimum atomic E-state index is 0.391. The molecule has 17 heavy (non-hydrogen) atoms. The summed E-state index contributed by atoms with van der Waals surface area (Å²) in [6, 6.07) is 0.998. The third kappa shape index (κ3) is 4.94. The predicted octanol–water partition coefficient (Wildman–Crippen LogP) is 1.78. The van der Waals surface area contributed by atoms with Crippen molar-refractivity contribution in [1.29, 1.82) is 0 Å². The highest BCUT2D eigenvalue weighted by Gasteiger charge is 2.29. The minimum absolute atomic E-state index is 0.391. The van der Waals surface area contributed by atoms with Gasteiger partial charge in [-0.2, -0.15) is 0 Å². The summed E-state index contributed by atoms with van der Waals surface area (Å²) in [5.74, 6) is 0.899. The van der Waals surface area contributed by atoms with Crippen molar-refractivity contribution in [3.8, 4) is 0 Å². The summed E-state index contributed by atoms with van der Waals surface area (Å²) in [5, 5.41) is 0. The van der Waals surface area contributed by atoms with Crippen molar-refractivity contribution in [3.63, 3.8) is 0 Å². The van der Waals surface area contributed by atoms with Crippen LogP contribution >= 0.6 is 0 Å². The minimum Gasteiger partial charge on any atom is -0.326 e. The van der Waals surface area contributed by atoms with E-state index in [9.17, 15) is 0 Å². The molecule has 0 aromatic heterocycles. The fraction of sp³-hybridized carbons (Fsp3) is 1.00. The van der Waals surface area contributed by atoms with E-state index in [0.717, 1.165) is 5.92 Å². The van der Waals surface area contributed by atoms with E-state index < -0.39 is 0 Å². The molecule has 1 fully saturated rings. The standard InChI is InChI=1S/C14H31N3/c1-5-12-7-8-13(15)14(11-12)17(4)10-6-9-16(2)3/h12-14H,5-11,15H2,1-4H3. The Hall–Kier alpha value is -0.120. The van der Waals surface area contributed by atoms with E-state index in [1.807, 2.05) is 0 Å². The molecule has 0 saturated heterocycles. The third-order valence-electron chi connectivity index (χ3n) is 4.24. The van der Waals surface area contributed by atoms with Crippen LogP contribution in [-0.4, -0.2) is 56.1 Å². The van der Waals surface area contributed by atoms with Crippen molar-refractivity contribution in [1.82, 2.24) is 9.80 Å². The SMILES string of the molecule is CCC1CCC(N)C(N(C)CCCN(C)C)C1. The Morgan fingerprint density at radius 3 is 2.41 bits per heavy atom. The molecule has 1 aliphatic carbocycles. The zero-order valence-electron chi connectivity index (χ0n) is 12.2. The summed E-state index contributed by atoms with van der Waals surface area (Å²) in [6.07, 6.45) is 6.40. The molecule has 1 aliphatic rings. The van der Waals surface area contributed by atoms with Gasteiger partial charge in [-0.25, -0.2) is 0 Å². The lowest BCUT2D eigenvalue weighted by Gasteiger charge is -2.39. The van der Waals surface area contributed by atoms with Crippen LogP contribution in [0.1, 0.15) is 39.0 Å². The van der Waals surface area contributed by atoms with E-state index in [4.69, 9.17) is 5.73 Å². The Bertz CT molecular complexity index is 206. The maximum atomic E-state index is 6.28. The number of likely N-dealkylation sites (N-methyl/N-ethyl adjacent to an activating group) is 1. The summed E-state index contributed by atoms with van der Waals surface area (Å²) >= 11 is 0. The van der Waals surface area contributed by atoms with Gasteiger partial charge >= 0.3 is 0 Å². The van der Waals surface area contributed by atoms with Crippen LogP contribution in [0.5, 0.6) is 0 Å². The number of nitrogens with zero attached hydrogens (tertiary/aromatic N) is 2. The fourth-order valence-electron chi connectivity index (χ4n) is 2.93. The average Bonchev–Trinajstić information content (AvgIpc) is 2.29. The summed E-state index contributed by atoms with van der Waals surface area (Å²) in [6.45, 7) is 4.65. The van der Waals surface area contributed by atoms with Crippen molar-refractivity contribution in [2.75, 3.05) is 34.2 Å².